The quantitative estimate of drug-likeness (QED) is 0.334. The fourth-order valence-electron chi connectivity index (χ4n) is 5.10. The second-order valence-corrected chi connectivity index (χ2v) is 9.72. The minimum atomic E-state index is -0.174. The van der Waals surface area contributed by atoms with Crippen LogP contribution in [0.1, 0.15) is 17.1 Å². The Bertz CT molecular complexity index is 1690. The molecule has 2 aliphatic rings. The predicted molar refractivity (Wildman–Crippen MR) is 144 cm³/mol. The molecule has 0 saturated heterocycles. The van der Waals surface area contributed by atoms with Crippen LogP contribution < -0.4 is 26.3 Å². The van der Waals surface area contributed by atoms with Crippen molar-refractivity contribution in [2.75, 3.05) is 24.3 Å². The summed E-state index contributed by atoms with van der Waals surface area (Å²) in [5.74, 6) is 4.21. The van der Waals surface area contributed by atoms with Crippen molar-refractivity contribution in [3.8, 4) is 22.8 Å². The normalized spacial score (nSPS) is 16.4. The van der Waals surface area contributed by atoms with Gasteiger partial charge in [-0.15, -0.1) is 0 Å². The summed E-state index contributed by atoms with van der Waals surface area (Å²) in [7, 11) is 0. The van der Waals surface area contributed by atoms with Gasteiger partial charge in [0.25, 0.3) is 0 Å². The number of rotatable bonds is 3. The summed E-state index contributed by atoms with van der Waals surface area (Å²) in [5.41, 5.74) is 16.1. The van der Waals surface area contributed by atoms with Gasteiger partial charge in [-0.3, -0.25) is 4.68 Å². The van der Waals surface area contributed by atoms with Gasteiger partial charge >= 0.3 is 0 Å². The zero-order valence-corrected chi connectivity index (χ0v) is 20.9. The van der Waals surface area contributed by atoms with Gasteiger partial charge in [0.1, 0.15) is 30.7 Å². The van der Waals surface area contributed by atoms with E-state index in [1.165, 1.54) is 0 Å². The van der Waals surface area contributed by atoms with Gasteiger partial charge in [0.15, 0.2) is 17.3 Å². The highest BCUT2D eigenvalue weighted by Gasteiger charge is 2.21. The average Bonchev–Trinajstić information content (AvgIpc) is 3.41. The molecule has 0 amide bonds. The van der Waals surface area contributed by atoms with Crippen LogP contribution in [-0.2, 0) is 19.5 Å². The van der Waals surface area contributed by atoms with E-state index in [-0.39, 0.29) is 6.04 Å². The van der Waals surface area contributed by atoms with Gasteiger partial charge in [-0.05, 0) is 36.6 Å². The monoisotopic (exact) mass is 509 g/mol. The van der Waals surface area contributed by atoms with Crippen LogP contribution in [0.5, 0.6) is 11.5 Å². The summed E-state index contributed by atoms with van der Waals surface area (Å²) in [6.07, 6.45) is 6.47. The van der Waals surface area contributed by atoms with E-state index in [0.717, 1.165) is 57.9 Å². The van der Waals surface area contributed by atoms with Crippen LogP contribution in [0.2, 0.25) is 0 Å². The molecule has 4 aromatic heterocycles. The highest BCUT2D eigenvalue weighted by Crippen LogP contribution is 2.39. The van der Waals surface area contributed by atoms with Crippen LogP contribution in [0.4, 0.5) is 17.5 Å². The van der Waals surface area contributed by atoms with E-state index in [1.54, 1.807) is 6.20 Å². The number of pyridine rings is 2. The molecule has 0 unspecified atom stereocenters. The van der Waals surface area contributed by atoms with Crippen molar-refractivity contribution in [2.45, 2.75) is 32.5 Å². The topological polar surface area (TPSA) is 144 Å². The molecule has 1 aromatic carbocycles. The van der Waals surface area contributed by atoms with Crippen molar-refractivity contribution < 1.29 is 9.47 Å². The van der Waals surface area contributed by atoms with Crippen LogP contribution in [0, 0.1) is 6.92 Å². The van der Waals surface area contributed by atoms with Gasteiger partial charge < -0.3 is 30.8 Å². The molecule has 6 heterocycles. The number of nitrogen functional groups attached to an aromatic ring is 1. The number of imidazole rings is 1. The maximum atomic E-state index is 6.37. The molecule has 5 aromatic rings. The number of benzene rings is 1. The molecule has 0 radical (unpaired) electrons. The number of aromatic nitrogens is 6. The lowest BCUT2D eigenvalue weighted by Crippen LogP contribution is -2.32. The summed E-state index contributed by atoms with van der Waals surface area (Å²) in [6.45, 7) is 4.33. The standard InChI is InChI=1S/C27H27N9O2/c1-15-19(2-3-22-26(15)38-14-17(28)13-37-22)21-8-16-9-23(31-11-20(16)27(29)32-21)33-24-10-18-4-6-35-7-5-30-25(35)12-36(18)34-24/h2-3,5,7-11,17H,4,6,12-14,28H2,1H3,(H2,29,32)(H,31,33,34)/t17-/m1/s1. The van der Waals surface area contributed by atoms with Crippen LogP contribution in [0.3, 0.4) is 0 Å². The van der Waals surface area contributed by atoms with Crippen LogP contribution in [-0.4, -0.2) is 48.6 Å². The first-order valence-electron chi connectivity index (χ1n) is 12.6. The van der Waals surface area contributed by atoms with E-state index in [1.807, 2.05) is 48.3 Å². The van der Waals surface area contributed by atoms with Gasteiger partial charge in [0, 0.05) is 59.8 Å². The third-order valence-electron chi connectivity index (χ3n) is 7.11. The Labute approximate surface area is 218 Å². The summed E-state index contributed by atoms with van der Waals surface area (Å²) in [4.78, 5) is 13.7. The van der Waals surface area contributed by atoms with E-state index < -0.39 is 0 Å². The Kier molecular flexibility index (Phi) is 5.18. The SMILES string of the molecule is Cc1c(-c2cc3cc(Nc4cc5n(n4)Cc4nccn4CC5)ncc3c(N)n2)ccc2c1OC[C@H](N)CO2. The highest BCUT2D eigenvalue weighted by molar-refractivity contribution is 5.95. The molecule has 0 fully saturated rings. The van der Waals surface area contributed by atoms with Crippen molar-refractivity contribution in [2.24, 2.45) is 5.73 Å². The van der Waals surface area contributed by atoms with Gasteiger partial charge in [-0.25, -0.2) is 15.0 Å². The summed E-state index contributed by atoms with van der Waals surface area (Å²) in [5, 5.41) is 9.81. The Hall–Kier alpha value is -4.64. The van der Waals surface area contributed by atoms with Crippen molar-refractivity contribution >= 4 is 28.2 Å². The van der Waals surface area contributed by atoms with Crippen molar-refractivity contribution in [3.63, 3.8) is 0 Å². The number of nitrogens with two attached hydrogens (primary N) is 2. The molecule has 1 atom stereocenters. The second kappa shape index (κ2) is 8.73. The first-order valence-corrected chi connectivity index (χ1v) is 12.6. The zero-order chi connectivity index (χ0) is 25.8. The van der Waals surface area contributed by atoms with Crippen molar-refractivity contribution in [1.29, 1.82) is 0 Å². The van der Waals surface area contributed by atoms with Gasteiger partial charge in [0.2, 0.25) is 0 Å². The molecule has 192 valence electrons. The molecule has 0 saturated carbocycles. The number of hydrogen-bond acceptors (Lipinski definition) is 9. The number of aryl methyl sites for hydroxylation is 2. The zero-order valence-electron chi connectivity index (χ0n) is 20.9. The summed E-state index contributed by atoms with van der Waals surface area (Å²) >= 11 is 0. The Morgan fingerprint density at radius 2 is 1.97 bits per heavy atom. The number of nitrogens with zero attached hydrogens (tertiary/aromatic N) is 6. The smallest absolute Gasteiger partial charge is 0.164 e. The average molecular weight is 510 g/mol. The maximum absolute atomic E-state index is 6.37. The van der Waals surface area contributed by atoms with Gasteiger partial charge in [0.05, 0.1) is 18.3 Å². The molecule has 0 spiro atoms. The van der Waals surface area contributed by atoms with Gasteiger partial charge in [-0.2, -0.15) is 5.10 Å². The third-order valence-corrected chi connectivity index (χ3v) is 7.11. The number of nitrogens with one attached hydrogen (secondary N) is 1. The Balaban J connectivity index is 1.21. The molecular formula is C27H27N9O2. The maximum Gasteiger partial charge on any atom is 0.164 e. The lowest BCUT2D eigenvalue weighted by molar-refractivity contribution is 0.264. The van der Waals surface area contributed by atoms with E-state index in [2.05, 4.69) is 30.9 Å². The number of anilines is 3. The van der Waals surface area contributed by atoms with Crippen LogP contribution in [0.15, 0.2) is 48.9 Å². The summed E-state index contributed by atoms with van der Waals surface area (Å²) in [6, 6.07) is 9.74. The molecule has 38 heavy (non-hydrogen) atoms. The van der Waals surface area contributed by atoms with E-state index >= 15 is 0 Å². The lowest BCUT2D eigenvalue weighted by Gasteiger charge is -2.15. The number of ether oxygens (including phenoxy) is 2. The second-order valence-electron chi connectivity index (χ2n) is 9.72. The number of fused-ring (bicyclic) bond motifs is 4. The molecule has 2 aliphatic heterocycles. The summed E-state index contributed by atoms with van der Waals surface area (Å²) < 4.78 is 16.0. The molecule has 7 rings (SSSR count). The van der Waals surface area contributed by atoms with E-state index in [9.17, 15) is 0 Å². The van der Waals surface area contributed by atoms with Gasteiger partial charge in [-0.1, -0.05) is 0 Å². The molecule has 11 nitrogen and oxygen atoms in total. The molecular weight excluding hydrogens is 482 g/mol. The predicted octanol–water partition coefficient (Wildman–Crippen LogP) is 3.03. The minimum Gasteiger partial charge on any atom is -0.488 e. The van der Waals surface area contributed by atoms with Crippen LogP contribution in [0.25, 0.3) is 22.0 Å². The molecule has 0 bridgehead atoms. The number of hydrogen-bond donors (Lipinski definition) is 3. The minimum absolute atomic E-state index is 0.174. The van der Waals surface area contributed by atoms with Crippen molar-refractivity contribution in [3.05, 3.63) is 66.0 Å². The van der Waals surface area contributed by atoms with E-state index in [4.69, 9.17) is 26.0 Å². The lowest BCUT2D eigenvalue weighted by atomic mass is 10.0. The Morgan fingerprint density at radius 3 is 2.89 bits per heavy atom. The van der Waals surface area contributed by atoms with E-state index in [0.29, 0.717) is 42.9 Å². The third kappa shape index (κ3) is 3.88. The van der Waals surface area contributed by atoms with Crippen molar-refractivity contribution in [1.82, 2.24) is 29.3 Å². The first kappa shape index (κ1) is 22.5. The first-order chi connectivity index (χ1) is 18.5. The largest absolute Gasteiger partial charge is 0.488 e. The fourth-order valence-corrected chi connectivity index (χ4v) is 5.10. The molecule has 5 N–H and O–H groups in total. The molecule has 0 aliphatic carbocycles. The fraction of sp³-hybridized carbons (Fsp3) is 0.259. The van der Waals surface area contributed by atoms with Crippen LogP contribution >= 0.6 is 0 Å². The Morgan fingerprint density at radius 1 is 1.08 bits per heavy atom. The molecule has 11 heteroatoms. The highest BCUT2D eigenvalue weighted by atomic mass is 16.5.